The van der Waals surface area contributed by atoms with Crippen LogP contribution in [-0.2, 0) is 10.0 Å². The van der Waals surface area contributed by atoms with Crippen LogP contribution in [0.4, 0.5) is 0 Å². The van der Waals surface area contributed by atoms with Crippen molar-refractivity contribution in [1.29, 1.82) is 0 Å². The zero-order valence-corrected chi connectivity index (χ0v) is 15.8. The van der Waals surface area contributed by atoms with Crippen molar-refractivity contribution in [2.45, 2.75) is 37.3 Å². The molecule has 1 aliphatic heterocycles. The van der Waals surface area contributed by atoms with E-state index in [4.69, 9.17) is 0 Å². The summed E-state index contributed by atoms with van der Waals surface area (Å²) in [5.41, 5.74) is 2.88. The number of hydrogen-bond acceptors (Lipinski definition) is 5. The molecule has 1 fully saturated rings. The Morgan fingerprint density at radius 2 is 2.04 bits per heavy atom. The number of aromatic amines is 1. The third-order valence-corrected chi connectivity index (χ3v) is 7.52. The minimum Gasteiger partial charge on any atom is -0.303 e. The number of aromatic nitrogens is 2. The van der Waals surface area contributed by atoms with Gasteiger partial charge in [-0.3, -0.25) is 5.10 Å². The Morgan fingerprint density at radius 3 is 2.71 bits per heavy atom. The molecule has 0 spiro atoms. The second-order valence-electron chi connectivity index (χ2n) is 6.24. The van der Waals surface area contributed by atoms with E-state index < -0.39 is 10.0 Å². The van der Waals surface area contributed by atoms with Gasteiger partial charge in [0, 0.05) is 12.2 Å². The summed E-state index contributed by atoms with van der Waals surface area (Å²) in [5.74, 6) is 0. The summed E-state index contributed by atoms with van der Waals surface area (Å²) in [6.07, 6.45) is 3.36. The molecule has 2 aromatic rings. The van der Waals surface area contributed by atoms with Crippen LogP contribution >= 0.6 is 11.3 Å². The highest BCUT2D eigenvalue weighted by Crippen LogP contribution is 2.32. The maximum Gasteiger partial charge on any atom is 0.250 e. The Labute approximate surface area is 147 Å². The topological polar surface area (TPSA) is 78.1 Å². The van der Waals surface area contributed by atoms with Gasteiger partial charge in [-0.05, 0) is 70.4 Å². The van der Waals surface area contributed by atoms with Crippen molar-refractivity contribution in [3.63, 3.8) is 0 Å². The molecule has 3 heterocycles. The first kappa shape index (κ1) is 17.6. The van der Waals surface area contributed by atoms with Crippen LogP contribution in [-0.4, -0.2) is 49.7 Å². The molecule has 8 heteroatoms. The lowest BCUT2D eigenvalue weighted by Crippen LogP contribution is -2.28. The van der Waals surface area contributed by atoms with Gasteiger partial charge < -0.3 is 4.90 Å². The predicted molar refractivity (Wildman–Crippen MR) is 96.9 cm³/mol. The molecule has 3 rings (SSSR count). The van der Waals surface area contributed by atoms with Gasteiger partial charge in [0.25, 0.3) is 0 Å². The van der Waals surface area contributed by atoms with Gasteiger partial charge in [-0.2, -0.15) is 5.10 Å². The third-order valence-electron chi connectivity index (χ3n) is 4.47. The van der Waals surface area contributed by atoms with E-state index in [2.05, 4.69) is 19.8 Å². The van der Waals surface area contributed by atoms with Crippen LogP contribution in [0.1, 0.15) is 30.5 Å². The van der Waals surface area contributed by atoms with E-state index >= 15 is 0 Å². The average molecular weight is 369 g/mol. The van der Waals surface area contributed by atoms with E-state index in [0.717, 1.165) is 47.9 Å². The maximum atomic E-state index is 12.4. The molecule has 132 valence electrons. The van der Waals surface area contributed by atoms with Crippen LogP contribution in [0.5, 0.6) is 0 Å². The molecule has 0 radical (unpaired) electrons. The second-order valence-corrected chi connectivity index (χ2v) is 9.32. The van der Waals surface area contributed by atoms with Crippen molar-refractivity contribution >= 4 is 21.4 Å². The highest BCUT2D eigenvalue weighted by Gasteiger charge is 2.19. The van der Waals surface area contributed by atoms with Gasteiger partial charge in [-0.25, -0.2) is 13.1 Å². The summed E-state index contributed by atoms with van der Waals surface area (Å²) < 4.78 is 27.9. The van der Waals surface area contributed by atoms with E-state index in [0.29, 0.717) is 10.8 Å². The Balaban J connectivity index is 1.59. The molecule has 0 aliphatic carbocycles. The quantitative estimate of drug-likeness (QED) is 0.736. The zero-order valence-electron chi connectivity index (χ0n) is 14.1. The number of likely N-dealkylation sites (tertiary alicyclic amines) is 1. The van der Waals surface area contributed by atoms with Crippen LogP contribution in [0.3, 0.4) is 0 Å². The van der Waals surface area contributed by atoms with Crippen molar-refractivity contribution in [2.75, 3.05) is 26.2 Å². The highest BCUT2D eigenvalue weighted by atomic mass is 32.2. The zero-order chi connectivity index (χ0) is 17.2. The molecule has 1 saturated heterocycles. The molecule has 1 aliphatic rings. The Kier molecular flexibility index (Phi) is 5.39. The summed E-state index contributed by atoms with van der Waals surface area (Å²) in [6.45, 7) is 7.67. The second kappa shape index (κ2) is 7.35. The summed E-state index contributed by atoms with van der Waals surface area (Å²) >= 11 is 1.26. The van der Waals surface area contributed by atoms with Gasteiger partial charge in [0.1, 0.15) is 9.90 Å². The summed E-state index contributed by atoms with van der Waals surface area (Å²) in [6, 6.07) is 3.48. The average Bonchev–Trinajstić information content (AvgIpc) is 3.27. The lowest BCUT2D eigenvalue weighted by Gasteiger charge is -2.14. The van der Waals surface area contributed by atoms with E-state index in [1.165, 1.54) is 24.2 Å². The number of nitrogens with zero attached hydrogens (tertiary/aromatic N) is 2. The number of rotatable bonds is 7. The first-order valence-electron chi connectivity index (χ1n) is 8.31. The minimum absolute atomic E-state index is 0.346. The fraction of sp³-hybridized carbons (Fsp3) is 0.562. The minimum atomic E-state index is -3.44. The van der Waals surface area contributed by atoms with Crippen LogP contribution < -0.4 is 4.72 Å². The largest absolute Gasteiger partial charge is 0.303 e. The van der Waals surface area contributed by atoms with E-state index in [9.17, 15) is 8.42 Å². The van der Waals surface area contributed by atoms with Gasteiger partial charge in [0.15, 0.2) is 0 Å². The smallest absolute Gasteiger partial charge is 0.250 e. The molecule has 2 N–H and O–H groups in total. The van der Waals surface area contributed by atoms with Gasteiger partial charge in [-0.15, -0.1) is 11.3 Å². The molecule has 0 amide bonds. The molecule has 24 heavy (non-hydrogen) atoms. The number of hydrogen-bond donors (Lipinski definition) is 2. The van der Waals surface area contributed by atoms with Crippen molar-refractivity contribution in [3.8, 4) is 10.6 Å². The Hall–Kier alpha value is -1.22. The molecule has 0 aromatic carbocycles. The van der Waals surface area contributed by atoms with Gasteiger partial charge in [-0.1, -0.05) is 0 Å². The molecular formula is C16H24N4O2S2. The third kappa shape index (κ3) is 3.88. The van der Waals surface area contributed by atoms with E-state index in [1.807, 2.05) is 19.9 Å². The van der Waals surface area contributed by atoms with Gasteiger partial charge in [0.05, 0.1) is 4.88 Å². The molecular weight excluding hydrogens is 344 g/mol. The molecule has 2 aromatic heterocycles. The molecule has 0 saturated carbocycles. The monoisotopic (exact) mass is 368 g/mol. The number of aryl methyl sites for hydroxylation is 1. The SMILES string of the molecule is Cc1[nH]nc(-c2ccc(S(=O)(=O)NCCCN3CCCC3)s2)c1C. The van der Waals surface area contributed by atoms with Crippen LogP contribution in [0.25, 0.3) is 10.6 Å². The summed E-state index contributed by atoms with van der Waals surface area (Å²) in [4.78, 5) is 3.26. The lowest BCUT2D eigenvalue weighted by atomic mass is 10.2. The number of sulfonamides is 1. The van der Waals surface area contributed by atoms with Crippen LogP contribution in [0, 0.1) is 13.8 Å². The summed E-state index contributed by atoms with van der Waals surface area (Å²) in [5, 5.41) is 7.20. The molecule has 0 unspecified atom stereocenters. The number of nitrogens with one attached hydrogen (secondary N) is 2. The van der Waals surface area contributed by atoms with Gasteiger partial charge in [0.2, 0.25) is 10.0 Å². The van der Waals surface area contributed by atoms with Crippen LogP contribution in [0.2, 0.25) is 0 Å². The lowest BCUT2D eigenvalue weighted by molar-refractivity contribution is 0.334. The standard InChI is InChI=1S/C16H24N4O2S2/c1-12-13(2)18-19-16(12)14-6-7-15(23-14)24(21,22)17-8-5-11-20-9-3-4-10-20/h6-7,17H,3-5,8-11H2,1-2H3,(H,18,19). The Morgan fingerprint density at radius 1 is 1.29 bits per heavy atom. The normalized spacial score (nSPS) is 16.1. The first-order chi connectivity index (χ1) is 11.5. The fourth-order valence-electron chi connectivity index (χ4n) is 2.90. The van der Waals surface area contributed by atoms with Gasteiger partial charge >= 0.3 is 0 Å². The van der Waals surface area contributed by atoms with Crippen molar-refractivity contribution in [1.82, 2.24) is 19.8 Å². The first-order valence-corrected chi connectivity index (χ1v) is 10.6. The fourth-order valence-corrected chi connectivity index (χ4v) is 5.38. The predicted octanol–water partition coefficient (Wildman–Crippen LogP) is 2.52. The van der Waals surface area contributed by atoms with E-state index in [-0.39, 0.29) is 0 Å². The maximum absolute atomic E-state index is 12.4. The highest BCUT2D eigenvalue weighted by molar-refractivity contribution is 7.91. The molecule has 0 bridgehead atoms. The van der Waals surface area contributed by atoms with Crippen LogP contribution in [0.15, 0.2) is 16.3 Å². The van der Waals surface area contributed by atoms with Crippen molar-refractivity contribution in [2.24, 2.45) is 0 Å². The van der Waals surface area contributed by atoms with Crippen molar-refractivity contribution in [3.05, 3.63) is 23.4 Å². The summed E-state index contributed by atoms with van der Waals surface area (Å²) in [7, 11) is -3.44. The molecule has 6 nitrogen and oxygen atoms in total. The Bertz CT molecular complexity index is 789. The van der Waals surface area contributed by atoms with E-state index in [1.54, 1.807) is 6.07 Å². The molecule has 0 atom stereocenters. The number of thiophene rings is 1. The number of H-pyrrole nitrogens is 1. The van der Waals surface area contributed by atoms with Crippen molar-refractivity contribution < 1.29 is 8.42 Å².